The van der Waals surface area contributed by atoms with E-state index in [9.17, 15) is 4.39 Å². The van der Waals surface area contributed by atoms with Crippen molar-refractivity contribution in [2.24, 2.45) is 0 Å². The Balaban J connectivity index is 3.38. The van der Waals surface area contributed by atoms with Crippen LogP contribution in [0, 0.1) is 12.7 Å². The van der Waals surface area contributed by atoms with Crippen LogP contribution < -0.4 is 0 Å². The largest absolute Gasteiger partial charge is 0.207 e. The van der Waals surface area contributed by atoms with E-state index in [2.05, 4.69) is 0 Å². The smallest absolute Gasteiger partial charge is 0.128 e. The first-order chi connectivity index (χ1) is 5.82. The highest BCUT2D eigenvalue weighted by atomic mass is 35.5. The Morgan fingerprint density at radius 2 is 1.77 bits per heavy atom. The van der Waals surface area contributed by atoms with Crippen LogP contribution in [0.5, 0.6) is 0 Å². The third-order valence-corrected chi connectivity index (χ3v) is 2.22. The second-order valence-corrected chi connectivity index (χ2v) is 4.77. The van der Waals surface area contributed by atoms with Crippen LogP contribution in [0.3, 0.4) is 0 Å². The molecular weight excluding hydrogens is 187 g/mol. The molecule has 0 aromatic heterocycles. The Hall–Kier alpha value is -0.560. The molecule has 0 aliphatic rings. The van der Waals surface area contributed by atoms with Gasteiger partial charge in [-0.15, -0.1) is 0 Å². The van der Waals surface area contributed by atoms with Crippen molar-refractivity contribution in [3.8, 4) is 0 Å². The summed E-state index contributed by atoms with van der Waals surface area (Å²) in [5.74, 6) is -0.211. The summed E-state index contributed by atoms with van der Waals surface area (Å²) in [6.07, 6.45) is 0. The zero-order chi connectivity index (χ0) is 10.2. The highest BCUT2D eigenvalue weighted by Crippen LogP contribution is 2.30. The summed E-state index contributed by atoms with van der Waals surface area (Å²) in [7, 11) is 0. The molecule has 1 aromatic rings. The lowest BCUT2D eigenvalue weighted by Gasteiger charge is -2.22. The van der Waals surface area contributed by atoms with Gasteiger partial charge in [0.2, 0.25) is 0 Å². The number of rotatable bonds is 0. The molecule has 0 unspecified atom stereocenters. The number of aryl methyl sites for hydroxylation is 1. The van der Waals surface area contributed by atoms with E-state index < -0.39 is 0 Å². The van der Waals surface area contributed by atoms with Crippen LogP contribution in [0.1, 0.15) is 31.9 Å². The first-order valence-corrected chi connectivity index (χ1v) is 4.66. The Morgan fingerprint density at radius 3 is 2.15 bits per heavy atom. The van der Waals surface area contributed by atoms with Crippen molar-refractivity contribution in [1.29, 1.82) is 0 Å². The second kappa shape index (κ2) is 3.30. The van der Waals surface area contributed by atoms with Gasteiger partial charge in [-0.3, -0.25) is 0 Å². The highest BCUT2D eigenvalue weighted by molar-refractivity contribution is 6.30. The van der Waals surface area contributed by atoms with Crippen LogP contribution in [0.25, 0.3) is 0 Å². The monoisotopic (exact) mass is 200 g/mol. The minimum absolute atomic E-state index is 0.168. The summed E-state index contributed by atoms with van der Waals surface area (Å²) >= 11 is 5.73. The first kappa shape index (κ1) is 10.5. The minimum Gasteiger partial charge on any atom is -0.207 e. The second-order valence-electron chi connectivity index (χ2n) is 4.33. The standard InChI is InChI=1S/C11H14ClF/c1-7-5-8(12)6-9(13)10(7)11(2,3)4/h5-6H,1-4H3. The lowest BCUT2D eigenvalue weighted by Crippen LogP contribution is -2.15. The van der Waals surface area contributed by atoms with Gasteiger partial charge in [0.25, 0.3) is 0 Å². The lowest BCUT2D eigenvalue weighted by molar-refractivity contribution is 0.519. The molecule has 0 N–H and O–H groups in total. The fourth-order valence-corrected chi connectivity index (χ4v) is 1.91. The normalized spacial score (nSPS) is 11.8. The summed E-state index contributed by atoms with van der Waals surface area (Å²) in [6.45, 7) is 7.86. The molecule has 0 fully saturated rings. The molecule has 0 nitrogen and oxygen atoms in total. The van der Waals surface area contributed by atoms with Gasteiger partial charge in [0.05, 0.1) is 0 Å². The molecule has 0 atom stereocenters. The van der Waals surface area contributed by atoms with Gasteiger partial charge in [-0.1, -0.05) is 32.4 Å². The van der Waals surface area contributed by atoms with Gasteiger partial charge in [0, 0.05) is 5.02 Å². The molecule has 1 aromatic carbocycles. The molecule has 0 aliphatic heterocycles. The molecule has 0 saturated carbocycles. The summed E-state index contributed by atoms with van der Waals surface area (Å²) in [4.78, 5) is 0. The molecule has 13 heavy (non-hydrogen) atoms. The predicted octanol–water partition coefficient (Wildman–Crippen LogP) is 4.09. The van der Waals surface area contributed by atoms with Crippen molar-refractivity contribution in [2.45, 2.75) is 33.1 Å². The Bertz CT molecular complexity index is 300. The SMILES string of the molecule is Cc1cc(Cl)cc(F)c1C(C)(C)C. The molecule has 0 heterocycles. The summed E-state index contributed by atoms with van der Waals surface area (Å²) < 4.78 is 13.5. The van der Waals surface area contributed by atoms with E-state index in [1.165, 1.54) is 6.07 Å². The Morgan fingerprint density at radius 1 is 1.23 bits per heavy atom. The number of benzene rings is 1. The zero-order valence-corrected chi connectivity index (χ0v) is 9.17. The van der Waals surface area contributed by atoms with Gasteiger partial charge >= 0.3 is 0 Å². The third-order valence-electron chi connectivity index (χ3n) is 2.00. The molecule has 0 amide bonds. The average Bonchev–Trinajstić information content (AvgIpc) is 1.78. The van der Waals surface area contributed by atoms with Gasteiger partial charge < -0.3 is 0 Å². The number of hydrogen-bond donors (Lipinski definition) is 0. The molecular formula is C11H14ClF. The first-order valence-electron chi connectivity index (χ1n) is 4.28. The van der Waals surface area contributed by atoms with Crippen molar-refractivity contribution in [3.63, 3.8) is 0 Å². The topological polar surface area (TPSA) is 0 Å². The van der Waals surface area contributed by atoms with E-state index in [4.69, 9.17) is 11.6 Å². The maximum absolute atomic E-state index is 13.5. The van der Waals surface area contributed by atoms with Crippen molar-refractivity contribution in [2.75, 3.05) is 0 Å². The van der Waals surface area contributed by atoms with Crippen LogP contribution in [0.15, 0.2) is 12.1 Å². The van der Waals surface area contributed by atoms with Gasteiger partial charge in [-0.2, -0.15) is 0 Å². The van der Waals surface area contributed by atoms with Gasteiger partial charge in [-0.25, -0.2) is 4.39 Å². The number of halogens is 2. The molecule has 72 valence electrons. The van der Waals surface area contributed by atoms with Crippen LogP contribution in [-0.4, -0.2) is 0 Å². The molecule has 0 bridgehead atoms. The maximum atomic E-state index is 13.5. The average molecular weight is 201 g/mol. The van der Waals surface area contributed by atoms with Crippen molar-refractivity contribution in [1.82, 2.24) is 0 Å². The molecule has 0 spiro atoms. The fraction of sp³-hybridized carbons (Fsp3) is 0.455. The van der Waals surface area contributed by atoms with Crippen LogP contribution in [0.4, 0.5) is 4.39 Å². The maximum Gasteiger partial charge on any atom is 0.128 e. The van der Waals surface area contributed by atoms with E-state index in [0.29, 0.717) is 5.02 Å². The van der Waals surface area contributed by atoms with Crippen molar-refractivity contribution in [3.05, 3.63) is 34.1 Å². The lowest BCUT2D eigenvalue weighted by atomic mass is 9.84. The van der Waals surface area contributed by atoms with E-state index in [-0.39, 0.29) is 11.2 Å². The van der Waals surface area contributed by atoms with Gasteiger partial charge in [0.15, 0.2) is 0 Å². The Labute approximate surface area is 83.7 Å². The zero-order valence-electron chi connectivity index (χ0n) is 8.41. The molecule has 0 aliphatic carbocycles. The van der Waals surface area contributed by atoms with E-state index in [1.807, 2.05) is 27.7 Å². The third kappa shape index (κ3) is 2.22. The summed E-state index contributed by atoms with van der Waals surface area (Å²) in [6, 6.07) is 3.17. The molecule has 0 radical (unpaired) electrons. The van der Waals surface area contributed by atoms with Crippen molar-refractivity contribution < 1.29 is 4.39 Å². The quantitative estimate of drug-likeness (QED) is 0.592. The van der Waals surface area contributed by atoms with Gasteiger partial charge in [-0.05, 0) is 35.6 Å². The molecule has 0 saturated heterocycles. The molecule has 2 heteroatoms. The minimum atomic E-state index is -0.211. The highest BCUT2D eigenvalue weighted by Gasteiger charge is 2.20. The van der Waals surface area contributed by atoms with Crippen LogP contribution in [-0.2, 0) is 5.41 Å². The van der Waals surface area contributed by atoms with Gasteiger partial charge in [0.1, 0.15) is 5.82 Å². The van der Waals surface area contributed by atoms with E-state index in [0.717, 1.165) is 11.1 Å². The number of hydrogen-bond acceptors (Lipinski definition) is 0. The molecule has 1 rings (SSSR count). The van der Waals surface area contributed by atoms with Crippen LogP contribution in [0.2, 0.25) is 5.02 Å². The predicted molar refractivity (Wildman–Crippen MR) is 54.8 cm³/mol. The Kier molecular flexibility index (Phi) is 2.67. The fourth-order valence-electron chi connectivity index (χ4n) is 1.65. The summed E-state index contributed by atoms with van der Waals surface area (Å²) in [5, 5.41) is 0.461. The van der Waals surface area contributed by atoms with Crippen LogP contribution >= 0.6 is 11.6 Å². The summed E-state index contributed by atoms with van der Waals surface area (Å²) in [5.41, 5.74) is 1.49. The van der Waals surface area contributed by atoms with E-state index in [1.54, 1.807) is 6.07 Å². The van der Waals surface area contributed by atoms with Crippen molar-refractivity contribution >= 4 is 11.6 Å². The van der Waals surface area contributed by atoms with E-state index >= 15 is 0 Å².